The third-order valence-electron chi connectivity index (χ3n) is 4.08. The summed E-state index contributed by atoms with van der Waals surface area (Å²) in [6, 6.07) is 0.180. The van der Waals surface area contributed by atoms with Gasteiger partial charge in [0, 0.05) is 25.7 Å². The minimum Gasteiger partial charge on any atom is -0.480 e. The second kappa shape index (κ2) is 8.11. The molecule has 0 aromatic rings. The van der Waals surface area contributed by atoms with Crippen molar-refractivity contribution in [3.8, 4) is 0 Å². The van der Waals surface area contributed by atoms with Crippen molar-refractivity contribution in [1.82, 2.24) is 15.1 Å². The molecule has 0 aliphatic heterocycles. The molecule has 1 rings (SSSR count). The van der Waals surface area contributed by atoms with Crippen LogP contribution in [0.15, 0.2) is 0 Å². The first-order chi connectivity index (χ1) is 9.81. The van der Waals surface area contributed by atoms with Crippen LogP contribution in [0.5, 0.6) is 0 Å². The van der Waals surface area contributed by atoms with E-state index in [0.717, 1.165) is 38.9 Å². The van der Waals surface area contributed by atoms with Crippen LogP contribution in [0.3, 0.4) is 0 Å². The summed E-state index contributed by atoms with van der Waals surface area (Å²) in [5.74, 6) is -0.416. The molecule has 124 valence electrons. The maximum absolute atomic E-state index is 12.0. The van der Waals surface area contributed by atoms with Crippen molar-refractivity contribution in [1.29, 1.82) is 0 Å². The first-order valence-electron chi connectivity index (χ1n) is 8.20. The molecule has 1 atom stereocenters. The van der Waals surface area contributed by atoms with Crippen LogP contribution in [-0.4, -0.2) is 72.7 Å². The van der Waals surface area contributed by atoms with E-state index in [-0.39, 0.29) is 12.0 Å². The first kappa shape index (κ1) is 18.4. The van der Waals surface area contributed by atoms with E-state index in [4.69, 9.17) is 0 Å². The van der Waals surface area contributed by atoms with Gasteiger partial charge in [0.1, 0.15) is 5.54 Å². The van der Waals surface area contributed by atoms with E-state index in [1.807, 2.05) is 13.8 Å². The van der Waals surface area contributed by atoms with Gasteiger partial charge >= 0.3 is 5.97 Å². The van der Waals surface area contributed by atoms with Crippen molar-refractivity contribution >= 4 is 5.97 Å². The van der Waals surface area contributed by atoms with Crippen LogP contribution in [0.4, 0.5) is 0 Å². The number of carboxylic acids is 1. The number of carbonyl (C=O) groups is 1. The van der Waals surface area contributed by atoms with Gasteiger partial charge in [0.05, 0.1) is 0 Å². The quantitative estimate of drug-likeness (QED) is 0.605. The summed E-state index contributed by atoms with van der Waals surface area (Å²) in [7, 11) is 4.11. The lowest BCUT2D eigenvalue weighted by Crippen LogP contribution is -2.63. The molecule has 0 aromatic carbocycles. The van der Waals surface area contributed by atoms with Crippen molar-refractivity contribution in [2.45, 2.75) is 51.6 Å². The predicted molar refractivity (Wildman–Crippen MR) is 86.6 cm³/mol. The molecule has 0 heterocycles. The van der Waals surface area contributed by atoms with E-state index in [9.17, 15) is 9.90 Å². The Morgan fingerprint density at radius 1 is 1.29 bits per heavy atom. The Labute approximate surface area is 129 Å². The molecule has 2 N–H and O–H groups in total. The smallest absolute Gasteiger partial charge is 0.325 e. The Morgan fingerprint density at radius 3 is 2.29 bits per heavy atom. The lowest BCUT2D eigenvalue weighted by Gasteiger charge is -2.38. The van der Waals surface area contributed by atoms with Crippen molar-refractivity contribution < 1.29 is 9.90 Å². The highest BCUT2D eigenvalue weighted by atomic mass is 16.4. The minimum atomic E-state index is -0.782. The van der Waals surface area contributed by atoms with Crippen molar-refractivity contribution in [3.63, 3.8) is 0 Å². The van der Waals surface area contributed by atoms with Crippen LogP contribution in [0.25, 0.3) is 0 Å². The van der Waals surface area contributed by atoms with Crippen LogP contribution in [0.2, 0.25) is 0 Å². The summed E-state index contributed by atoms with van der Waals surface area (Å²) in [5.41, 5.74) is -0.782. The van der Waals surface area contributed by atoms with Crippen LogP contribution in [0.1, 0.15) is 40.0 Å². The highest BCUT2D eigenvalue weighted by Gasteiger charge is 2.52. The number of aliphatic carboxylic acids is 1. The van der Waals surface area contributed by atoms with Crippen LogP contribution in [-0.2, 0) is 4.79 Å². The molecule has 0 bridgehead atoms. The monoisotopic (exact) mass is 299 g/mol. The van der Waals surface area contributed by atoms with Crippen molar-refractivity contribution in [3.05, 3.63) is 0 Å². The average molecular weight is 299 g/mol. The summed E-state index contributed by atoms with van der Waals surface area (Å²) in [4.78, 5) is 16.5. The number of carboxylic acid groups (broad SMARTS) is 1. The van der Waals surface area contributed by atoms with Gasteiger partial charge in [-0.1, -0.05) is 6.92 Å². The summed E-state index contributed by atoms with van der Waals surface area (Å²) < 4.78 is 0. The normalized spacial score (nSPS) is 18.5. The molecule has 1 fully saturated rings. The minimum absolute atomic E-state index is 0.180. The molecule has 0 radical (unpaired) electrons. The molecule has 1 aliphatic carbocycles. The molecule has 5 heteroatoms. The fourth-order valence-electron chi connectivity index (χ4n) is 2.97. The SMILES string of the molecule is CCCN(CCN(C)C)CC(NC(C)C)(C(=O)O)C1CC1. The number of nitrogens with zero attached hydrogens (tertiary/aromatic N) is 2. The zero-order chi connectivity index (χ0) is 16.0. The zero-order valence-electron chi connectivity index (χ0n) is 14.4. The Hall–Kier alpha value is -0.650. The molecule has 0 saturated heterocycles. The van der Waals surface area contributed by atoms with E-state index in [1.165, 1.54) is 0 Å². The highest BCUT2D eigenvalue weighted by molar-refractivity contribution is 5.80. The zero-order valence-corrected chi connectivity index (χ0v) is 14.4. The fourth-order valence-corrected chi connectivity index (χ4v) is 2.97. The molecular formula is C16H33N3O2. The summed E-state index contributed by atoms with van der Waals surface area (Å²) >= 11 is 0. The van der Waals surface area contributed by atoms with Crippen LogP contribution in [0, 0.1) is 5.92 Å². The average Bonchev–Trinajstić information content (AvgIpc) is 3.18. The Kier molecular flexibility index (Phi) is 7.10. The summed E-state index contributed by atoms with van der Waals surface area (Å²) in [6.45, 7) is 9.65. The molecule has 1 unspecified atom stereocenters. The Morgan fingerprint density at radius 2 is 1.90 bits per heavy atom. The maximum Gasteiger partial charge on any atom is 0.325 e. The lowest BCUT2D eigenvalue weighted by molar-refractivity contribution is -0.147. The van der Waals surface area contributed by atoms with E-state index >= 15 is 0 Å². The summed E-state index contributed by atoms with van der Waals surface area (Å²) in [5, 5.41) is 13.3. The lowest BCUT2D eigenvalue weighted by atomic mass is 9.91. The number of hydrogen-bond donors (Lipinski definition) is 2. The molecule has 1 aliphatic rings. The molecule has 1 saturated carbocycles. The van der Waals surface area contributed by atoms with Gasteiger partial charge in [-0.3, -0.25) is 15.0 Å². The Balaban J connectivity index is 2.82. The van der Waals surface area contributed by atoms with Gasteiger partial charge in [-0.05, 0) is 59.7 Å². The fraction of sp³-hybridized carbons (Fsp3) is 0.938. The van der Waals surface area contributed by atoms with Gasteiger partial charge < -0.3 is 10.0 Å². The second-order valence-corrected chi connectivity index (χ2v) is 6.93. The molecule has 21 heavy (non-hydrogen) atoms. The second-order valence-electron chi connectivity index (χ2n) is 6.93. The van der Waals surface area contributed by atoms with Gasteiger partial charge in [-0.2, -0.15) is 0 Å². The van der Waals surface area contributed by atoms with Crippen LogP contribution < -0.4 is 5.32 Å². The van der Waals surface area contributed by atoms with Gasteiger partial charge in [-0.15, -0.1) is 0 Å². The van der Waals surface area contributed by atoms with Gasteiger partial charge in [0.2, 0.25) is 0 Å². The Bertz CT molecular complexity index is 329. The van der Waals surface area contributed by atoms with Gasteiger partial charge in [0.15, 0.2) is 0 Å². The third kappa shape index (κ3) is 5.57. The van der Waals surface area contributed by atoms with E-state index < -0.39 is 11.5 Å². The first-order valence-corrected chi connectivity index (χ1v) is 8.20. The molecule has 0 spiro atoms. The van der Waals surface area contributed by atoms with Crippen molar-refractivity contribution in [2.75, 3.05) is 40.3 Å². The van der Waals surface area contributed by atoms with E-state index in [0.29, 0.717) is 6.54 Å². The molecule has 5 nitrogen and oxygen atoms in total. The summed E-state index contributed by atoms with van der Waals surface area (Å²) in [6.07, 6.45) is 3.11. The number of hydrogen-bond acceptors (Lipinski definition) is 4. The predicted octanol–water partition coefficient (Wildman–Crippen LogP) is 1.49. The highest BCUT2D eigenvalue weighted by Crippen LogP contribution is 2.40. The number of rotatable bonds is 11. The van der Waals surface area contributed by atoms with E-state index in [2.05, 4.69) is 36.1 Å². The van der Waals surface area contributed by atoms with Gasteiger partial charge in [-0.25, -0.2) is 0 Å². The number of likely N-dealkylation sites (N-methyl/N-ethyl adjacent to an activating group) is 1. The number of nitrogens with one attached hydrogen (secondary N) is 1. The third-order valence-corrected chi connectivity index (χ3v) is 4.08. The molecule has 0 aromatic heterocycles. The maximum atomic E-state index is 12.0. The largest absolute Gasteiger partial charge is 0.480 e. The van der Waals surface area contributed by atoms with Crippen molar-refractivity contribution in [2.24, 2.45) is 5.92 Å². The molecular weight excluding hydrogens is 266 g/mol. The standard InChI is InChI=1S/C16H33N3O2/c1-6-9-19(11-10-18(4)5)12-16(15(20)21,14-7-8-14)17-13(2)3/h13-14,17H,6-12H2,1-5H3,(H,20,21). The van der Waals surface area contributed by atoms with E-state index in [1.54, 1.807) is 0 Å². The molecule has 0 amide bonds. The topological polar surface area (TPSA) is 55.8 Å². The van der Waals surface area contributed by atoms with Crippen LogP contribution >= 0.6 is 0 Å². The van der Waals surface area contributed by atoms with Gasteiger partial charge in [0.25, 0.3) is 0 Å².